The van der Waals surface area contributed by atoms with Crippen molar-refractivity contribution < 1.29 is 0 Å². The Morgan fingerprint density at radius 1 is 1.22 bits per heavy atom. The molecule has 1 aromatic heterocycles. The van der Waals surface area contributed by atoms with Crippen molar-refractivity contribution in [2.75, 3.05) is 14.1 Å². The van der Waals surface area contributed by atoms with Gasteiger partial charge in [-0.1, -0.05) is 18.2 Å². The summed E-state index contributed by atoms with van der Waals surface area (Å²) in [5.41, 5.74) is 8.58. The topological polar surface area (TPSA) is 47.1 Å². The van der Waals surface area contributed by atoms with Crippen LogP contribution in [0.3, 0.4) is 0 Å². The van der Waals surface area contributed by atoms with Gasteiger partial charge >= 0.3 is 0 Å². The average molecular weight is 312 g/mol. The molecular weight excluding hydrogens is 284 g/mol. The summed E-state index contributed by atoms with van der Waals surface area (Å²) in [5, 5.41) is 0. The SMILES string of the molecule is CC(c1cccc(-c2nccn2C2CCC(N)CC2)c1)N(C)C. The second-order valence-corrected chi connectivity index (χ2v) is 6.99. The van der Waals surface area contributed by atoms with Gasteiger partial charge in [0.1, 0.15) is 5.82 Å². The van der Waals surface area contributed by atoms with Crippen LogP contribution >= 0.6 is 0 Å². The van der Waals surface area contributed by atoms with E-state index in [1.807, 2.05) is 6.20 Å². The quantitative estimate of drug-likeness (QED) is 0.938. The van der Waals surface area contributed by atoms with E-state index in [1.54, 1.807) is 0 Å². The number of rotatable bonds is 4. The number of benzene rings is 1. The Morgan fingerprint density at radius 3 is 2.65 bits per heavy atom. The minimum absolute atomic E-state index is 0.377. The summed E-state index contributed by atoms with van der Waals surface area (Å²) in [6.45, 7) is 2.23. The van der Waals surface area contributed by atoms with E-state index >= 15 is 0 Å². The third-order valence-electron chi connectivity index (χ3n) is 5.21. The Labute approximate surface area is 139 Å². The lowest BCUT2D eigenvalue weighted by Crippen LogP contribution is -2.27. The molecule has 0 bridgehead atoms. The molecule has 4 heteroatoms. The fourth-order valence-corrected chi connectivity index (χ4v) is 3.45. The van der Waals surface area contributed by atoms with Gasteiger partial charge in [-0.2, -0.15) is 0 Å². The standard InChI is InChI=1S/C19H28N4/c1-14(22(2)3)15-5-4-6-16(13-15)19-21-11-12-23(19)18-9-7-17(20)8-10-18/h4-6,11-14,17-18H,7-10,20H2,1-3H3. The largest absolute Gasteiger partial charge is 0.328 e. The van der Waals surface area contributed by atoms with Gasteiger partial charge in [0, 0.05) is 36.1 Å². The van der Waals surface area contributed by atoms with Gasteiger partial charge in [0.2, 0.25) is 0 Å². The Morgan fingerprint density at radius 2 is 1.96 bits per heavy atom. The summed E-state index contributed by atoms with van der Waals surface area (Å²) in [7, 11) is 4.23. The summed E-state index contributed by atoms with van der Waals surface area (Å²) in [6.07, 6.45) is 8.57. The molecule has 1 saturated carbocycles. The molecule has 1 fully saturated rings. The van der Waals surface area contributed by atoms with Gasteiger partial charge in [-0.3, -0.25) is 0 Å². The van der Waals surface area contributed by atoms with Gasteiger partial charge in [0.05, 0.1) is 0 Å². The molecule has 1 aromatic carbocycles. The van der Waals surface area contributed by atoms with E-state index in [0.717, 1.165) is 31.5 Å². The fourth-order valence-electron chi connectivity index (χ4n) is 3.45. The number of imidazole rings is 1. The Bertz CT molecular complexity index is 638. The molecule has 0 radical (unpaired) electrons. The maximum absolute atomic E-state index is 6.05. The number of aromatic nitrogens is 2. The van der Waals surface area contributed by atoms with E-state index in [4.69, 9.17) is 5.73 Å². The zero-order valence-electron chi connectivity index (χ0n) is 14.4. The van der Waals surface area contributed by atoms with Crippen LogP contribution in [0.25, 0.3) is 11.4 Å². The van der Waals surface area contributed by atoms with Crippen LogP contribution in [0.15, 0.2) is 36.7 Å². The first-order valence-corrected chi connectivity index (χ1v) is 8.61. The zero-order valence-corrected chi connectivity index (χ0v) is 14.4. The lowest BCUT2D eigenvalue weighted by atomic mass is 9.91. The first-order chi connectivity index (χ1) is 11.1. The van der Waals surface area contributed by atoms with Crippen LogP contribution in [0.4, 0.5) is 0 Å². The molecule has 1 aliphatic carbocycles. The van der Waals surface area contributed by atoms with Crippen molar-refractivity contribution in [3.63, 3.8) is 0 Å². The number of nitrogens with zero attached hydrogens (tertiary/aromatic N) is 3. The maximum Gasteiger partial charge on any atom is 0.140 e. The molecule has 0 aliphatic heterocycles. The van der Waals surface area contributed by atoms with Crippen molar-refractivity contribution in [1.82, 2.24) is 14.5 Å². The summed E-state index contributed by atoms with van der Waals surface area (Å²) in [5.74, 6) is 1.08. The molecule has 1 aliphatic rings. The zero-order chi connectivity index (χ0) is 16.4. The Kier molecular flexibility index (Phi) is 4.83. The highest BCUT2D eigenvalue weighted by Crippen LogP contribution is 2.32. The second-order valence-electron chi connectivity index (χ2n) is 6.99. The summed E-state index contributed by atoms with van der Waals surface area (Å²) >= 11 is 0. The maximum atomic E-state index is 6.05. The highest BCUT2D eigenvalue weighted by Gasteiger charge is 2.22. The van der Waals surface area contributed by atoms with Gasteiger partial charge in [0.15, 0.2) is 0 Å². The predicted octanol–water partition coefficient (Wildman–Crippen LogP) is 3.62. The Balaban J connectivity index is 1.88. The molecule has 1 heterocycles. The predicted molar refractivity (Wildman–Crippen MR) is 95.2 cm³/mol. The van der Waals surface area contributed by atoms with Crippen LogP contribution in [-0.4, -0.2) is 34.6 Å². The normalized spacial score (nSPS) is 23.2. The monoisotopic (exact) mass is 312 g/mol. The molecule has 3 rings (SSSR count). The van der Waals surface area contributed by atoms with Crippen LogP contribution < -0.4 is 5.73 Å². The van der Waals surface area contributed by atoms with Gasteiger partial charge in [-0.15, -0.1) is 0 Å². The molecule has 124 valence electrons. The minimum atomic E-state index is 0.377. The van der Waals surface area contributed by atoms with Crippen molar-refractivity contribution in [3.8, 4) is 11.4 Å². The number of hydrogen-bond donors (Lipinski definition) is 1. The third kappa shape index (κ3) is 3.48. The molecule has 2 N–H and O–H groups in total. The van der Waals surface area contributed by atoms with Crippen LogP contribution in [0.2, 0.25) is 0 Å². The first-order valence-electron chi connectivity index (χ1n) is 8.61. The highest BCUT2D eigenvalue weighted by molar-refractivity contribution is 5.57. The van der Waals surface area contributed by atoms with Crippen LogP contribution in [0.5, 0.6) is 0 Å². The summed E-state index contributed by atoms with van der Waals surface area (Å²) < 4.78 is 2.35. The van der Waals surface area contributed by atoms with E-state index in [1.165, 1.54) is 11.1 Å². The van der Waals surface area contributed by atoms with Crippen molar-refractivity contribution in [1.29, 1.82) is 0 Å². The number of hydrogen-bond acceptors (Lipinski definition) is 3. The van der Waals surface area contributed by atoms with E-state index in [0.29, 0.717) is 18.1 Å². The lowest BCUT2D eigenvalue weighted by Gasteiger charge is -2.28. The van der Waals surface area contributed by atoms with Crippen molar-refractivity contribution in [2.45, 2.75) is 50.7 Å². The van der Waals surface area contributed by atoms with Gasteiger partial charge in [-0.25, -0.2) is 4.98 Å². The highest BCUT2D eigenvalue weighted by atomic mass is 15.1. The third-order valence-corrected chi connectivity index (χ3v) is 5.21. The smallest absolute Gasteiger partial charge is 0.140 e. The first kappa shape index (κ1) is 16.2. The van der Waals surface area contributed by atoms with Crippen molar-refractivity contribution in [2.24, 2.45) is 5.73 Å². The van der Waals surface area contributed by atoms with Gasteiger partial charge < -0.3 is 15.2 Å². The fraction of sp³-hybridized carbons (Fsp3) is 0.526. The van der Waals surface area contributed by atoms with Crippen LogP contribution in [0, 0.1) is 0 Å². The van der Waals surface area contributed by atoms with Gasteiger partial charge in [-0.05, 0) is 58.3 Å². The van der Waals surface area contributed by atoms with E-state index in [9.17, 15) is 0 Å². The molecule has 4 nitrogen and oxygen atoms in total. The molecular formula is C19H28N4. The molecule has 0 amide bonds. The van der Waals surface area contributed by atoms with Crippen molar-refractivity contribution in [3.05, 3.63) is 42.2 Å². The molecule has 2 aromatic rings. The Hall–Kier alpha value is -1.65. The number of nitrogens with two attached hydrogens (primary N) is 1. The molecule has 23 heavy (non-hydrogen) atoms. The average Bonchev–Trinajstić information content (AvgIpc) is 3.04. The molecule has 1 atom stereocenters. The van der Waals surface area contributed by atoms with Gasteiger partial charge in [0.25, 0.3) is 0 Å². The minimum Gasteiger partial charge on any atom is -0.328 e. The van der Waals surface area contributed by atoms with E-state index in [-0.39, 0.29) is 0 Å². The van der Waals surface area contributed by atoms with Crippen molar-refractivity contribution >= 4 is 0 Å². The molecule has 0 spiro atoms. The molecule has 1 unspecified atom stereocenters. The summed E-state index contributed by atoms with van der Waals surface area (Å²) in [6, 6.07) is 10.1. The summed E-state index contributed by atoms with van der Waals surface area (Å²) in [4.78, 5) is 6.87. The van der Waals surface area contributed by atoms with Crippen LogP contribution in [0.1, 0.15) is 50.3 Å². The molecule has 0 saturated heterocycles. The second kappa shape index (κ2) is 6.85. The van der Waals surface area contributed by atoms with E-state index < -0.39 is 0 Å². The lowest BCUT2D eigenvalue weighted by molar-refractivity contribution is 0.321. The van der Waals surface area contributed by atoms with E-state index in [2.05, 4.69) is 65.9 Å². The van der Waals surface area contributed by atoms with Crippen LogP contribution in [-0.2, 0) is 0 Å².